The summed E-state index contributed by atoms with van der Waals surface area (Å²) in [6.45, 7) is 0.574. The van der Waals surface area contributed by atoms with Crippen molar-refractivity contribution in [1.82, 2.24) is 5.32 Å². The standard InChI is InChI=1S/C10H7Br2NOS2/c11-6-3-7(15-5-6)4-13-10(14)8-1-2-9(12)16-8/h1-3,5H,4H2,(H,13,14). The second kappa shape index (κ2) is 5.44. The summed E-state index contributed by atoms with van der Waals surface area (Å²) in [5.41, 5.74) is 0. The molecule has 0 atom stereocenters. The summed E-state index contributed by atoms with van der Waals surface area (Å²) in [7, 11) is 0. The molecule has 1 amide bonds. The first-order valence-electron chi connectivity index (χ1n) is 4.41. The van der Waals surface area contributed by atoms with Crippen LogP contribution in [-0.2, 0) is 6.54 Å². The average molecular weight is 381 g/mol. The highest BCUT2D eigenvalue weighted by atomic mass is 79.9. The van der Waals surface area contributed by atoms with Crippen LogP contribution in [0.15, 0.2) is 31.8 Å². The zero-order valence-corrected chi connectivity index (χ0v) is 12.8. The molecule has 0 radical (unpaired) electrons. The molecule has 2 rings (SSSR count). The molecule has 0 aliphatic heterocycles. The van der Waals surface area contributed by atoms with Crippen LogP contribution in [0.2, 0.25) is 0 Å². The maximum atomic E-state index is 11.7. The topological polar surface area (TPSA) is 29.1 Å². The van der Waals surface area contributed by atoms with E-state index in [1.807, 2.05) is 23.6 Å². The predicted molar refractivity (Wildman–Crippen MR) is 75.2 cm³/mol. The van der Waals surface area contributed by atoms with Gasteiger partial charge in [0.2, 0.25) is 0 Å². The van der Waals surface area contributed by atoms with Crippen LogP contribution in [0.25, 0.3) is 0 Å². The molecule has 0 saturated heterocycles. The third-order valence-corrected chi connectivity index (χ3v) is 5.16. The molecule has 0 aromatic carbocycles. The predicted octanol–water partition coefficient (Wildman–Crippen LogP) is 4.26. The number of hydrogen-bond acceptors (Lipinski definition) is 3. The molecule has 6 heteroatoms. The Kier molecular flexibility index (Phi) is 4.18. The lowest BCUT2D eigenvalue weighted by atomic mass is 10.4. The van der Waals surface area contributed by atoms with Crippen molar-refractivity contribution in [3.05, 3.63) is 41.6 Å². The largest absolute Gasteiger partial charge is 0.346 e. The van der Waals surface area contributed by atoms with Gasteiger partial charge in [-0.2, -0.15) is 0 Å². The van der Waals surface area contributed by atoms with E-state index < -0.39 is 0 Å². The van der Waals surface area contributed by atoms with Gasteiger partial charge in [-0.15, -0.1) is 22.7 Å². The zero-order valence-electron chi connectivity index (χ0n) is 8.00. The average Bonchev–Trinajstić information content (AvgIpc) is 2.84. The fourth-order valence-corrected chi connectivity index (χ4v) is 3.83. The van der Waals surface area contributed by atoms with Crippen LogP contribution in [0, 0.1) is 0 Å². The Morgan fingerprint density at radius 1 is 1.38 bits per heavy atom. The number of amides is 1. The summed E-state index contributed by atoms with van der Waals surface area (Å²) in [4.78, 5) is 13.6. The Balaban J connectivity index is 1.93. The first-order chi connectivity index (χ1) is 7.65. The van der Waals surface area contributed by atoms with Crippen molar-refractivity contribution in [3.63, 3.8) is 0 Å². The molecule has 0 aliphatic rings. The quantitative estimate of drug-likeness (QED) is 0.846. The highest BCUT2D eigenvalue weighted by Gasteiger charge is 2.08. The van der Waals surface area contributed by atoms with Crippen molar-refractivity contribution in [1.29, 1.82) is 0 Å². The van der Waals surface area contributed by atoms with Gasteiger partial charge in [-0.25, -0.2) is 0 Å². The van der Waals surface area contributed by atoms with Crippen molar-refractivity contribution in [3.8, 4) is 0 Å². The second-order valence-corrected chi connectivity index (χ2v) is 7.39. The molecule has 1 N–H and O–H groups in total. The fraction of sp³-hybridized carbons (Fsp3) is 0.100. The SMILES string of the molecule is O=C(NCc1cc(Br)cs1)c1ccc(Br)s1. The number of nitrogens with one attached hydrogen (secondary N) is 1. The normalized spacial score (nSPS) is 10.4. The fourth-order valence-electron chi connectivity index (χ4n) is 1.14. The summed E-state index contributed by atoms with van der Waals surface area (Å²) in [6.07, 6.45) is 0. The Morgan fingerprint density at radius 3 is 2.75 bits per heavy atom. The third-order valence-electron chi connectivity index (χ3n) is 1.84. The highest BCUT2D eigenvalue weighted by Crippen LogP contribution is 2.22. The van der Waals surface area contributed by atoms with E-state index in [4.69, 9.17) is 0 Å². The number of carbonyl (C=O) groups excluding carboxylic acids is 1. The van der Waals surface area contributed by atoms with Crippen LogP contribution in [0.5, 0.6) is 0 Å². The van der Waals surface area contributed by atoms with Gasteiger partial charge in [0.1, 0.15) is 0 Å². The Bertz CT molecular complexity index is 506. The minimum Gasteiger partial charge on any atom is -0.346 e. The monoisotopic (exact) mass is 379 g/mol. The molecule has 84 valence electrons. The molecular weight excluding hydrogens is 374 g/mol. The number of halogens is 2. The van der Waals surface area contributed by atoms with E-state index in [9.17, 15) is 4.79 Å². The van der Waals surface area contributed by atoms with Gasteiger partial charge in [0.05, 0.1) is 15.2 Å². The van der Waals surface area contributed by atoms with Gasteiger partial charge < -0.3 is 5.32 Å². The van der Waals surface area contributed by atoms with E-state index in [-0.39, 0.29) is 5.91 Å². The van der Waals surface area contributed by atoms with E-state index in [0.717, 1.165) is 18.0 Å². The van der Waals surface area contributed by atoms with E-state index in [1.54, 1.807) is 11.3 Å². The summed E-state index contributed by atoms with van der Waals surface area (Å²) < 4.78 is 2.03. The lowest BCUT2D eigenvalue weighted by Gasteiger charge is -2.00. The van der Waals surface area contributed by atoms with Crippen molar-refractivity contribution >= 4 is 60.4 Å². The highest BCUT2D eigenvalue weighted by molar-refractivity contribution is 9.11. The number of carbonyl (C=O) groups is 1. The molecule has 0 aliphatic carbocycles. The van der Waals surface area contributed by atoms with E-state index in [0.29, 0.717) is 6.54 Å². The summed E-state index contributed by atoms with van der Waals surface area (Å²) >= 11 is 9.77. The lowest BCUT2D eigenvalue weighted by molar-refractivity contribution is 0.0955. The van der Waals surface area contributed by atoms with Crippen LogP contribution in [-0.4, -0.2) is 5.91 Å². The molecule has 2 nitrogen and oxygen atoms in total. The number of rotatable bonds is 3. The summed E-state index contributed by atoms with van der Waals surface area (Å²) in [5.74, 6) is -0.0276. The molecular formula is C10H7Br2NOS2. The van der Waals surface area contributed by atoms with Crippen LogP contribution in [0.1, 0.15) is 14.5 Å². The van der Waals surface area contributed by atoms with E-state index in [2.05, 4.69) is 37.2 Å². The van der Waals surface area contributed by atoms with Crippen LogP contribution in [0.4, 0.5) is 0 Å². The second-order valence-electron chi connectivity index (χ2n) is 3.02. The Morgan fingerprint density at radius 2 is 2.19 bits per heavy atom. The van der Waals surface area contributed by atoms with Gasteiger partial charge in [0, 0.05) is 14.7 Å². The first kappa shape index (κ1) is 12.3. The number of thiophene rings is 2. The molecule has 0 spiro atoms. The van der Waals surface area contributed by atoms with E-state index in [1.165, 1.54) is 11.3 Å². The van der Waals surface area contributed by atoms with Crippen molar-refractivity contribution < 1.29 is 4.79 Å². The molecule has 0 saturated carbocycles. The molecule has 2 heterocycles. The molecule has 0 unspecified atom stereocenters. The van der Waals surface area contributed by atoms with Gasteiger partial charge in [-0.05, 0) is 50.1 Å². The van der Waals surface area contributed by atoms with Gasteiger partial charge in [-0.1, -0.05) is 0 Å². The first-order valence-corrected chi connectivity index (χ1v) is 7.70. The minimum absolute atomic E-state index is 0.0276. The van der Waals surface area contributed by atoms with Gasteiger partial charge in [0.25, 0.3) is 5.91 Å². The maximum absolute atomic E-state index is 11.7. The van der Waals surface area contributed by atoms with Crippen molar-refractivity contribution in [2.75, 3.05) is 0 Å². The van der Waals surface area contributed by atoms with Gasteiger partial charge >= 0.3 is 0 Å². The minimum atomic E-state index is -0.0276. The Hall–Kier alpha value is -0.170. The maximum Gasteiger partial charge on any atom is 0.261 e. The van der Waals surface area contributed by atoms with Crippen molar-refractivity contribution in [2.24, 2.45) is 0 Å². The molecule has 0 bridgehead atoms. The van der Waals surface area contributed by atoms with E-state index >= 15 is 0 Å². The number of hydrogen-bond donors (Lipinski definition) is 1. The van der Waals surface area contributed by atoms with Gasteiger partial charge in [-0.3, -0.25) is 4.79 Å². The summed E-state index contributed by atoms with van der Waals surface area (Å²) in [5, 5.41) is 4.89. The van der Waals surface area contributed by atoms with Crippen molar-refractivity contribution in [2.45, 2.75) is 6.54 Å². The molecule has 0 fully saturated rings. The summed E-state index contributed by atoms with van der Waals surface area (Å²) in [6, 6.07) is 5.70. The van der Waals surface area contributed by atoms with Gasteiger partial charge in [0.15, 0.2) is 0 Å². The van der Waals surface area contributed by atoms with Crippen LogP contribution >= 0.6 is 54.5 Å². The van der Waals surface area contributed by atoms with Crippen LogP contribution in [0.3, 0.4) is 0 Å². The molecule has 2 aromatic heterocycles. The smallest absolute Gasteiger partial charge is 0.261 e. The third kappa shape index (κ3) is 3.16. The van der Waals surface area contributed by atoms with Crippen LogP contribution < -0.4 is 5.32 Å². The molecule has 16 heavy (non-hydrogen) atoms. The lowest BCUT2D eigenvalue weighted by Crippen LogP contribution is -2.21. The zero-order chi connectivity index (χ0) is 11.5. The molecule has 2 aromatic rings. The Labute approximate surface area is 118 Å².